The van der Waals surface area contributed by atoms with Gasteiger partial charge in [-0.2, -0.15) is 0 Å². The molecular formula is C15H19Cl2NO2. The quantitative estimate of drug-likeness (QED) is 0.756. The lowest BCUT2D eigenvalue weighted by Crippen LogP contribution is -2.28. The molecule has 0 fully saturated rings. The zero-order chi connectivity index (χ0) is 15.0. The van der Waals surface area contributed by atoms with E-state index in [0.717, 1.165) is 6.42 Å². The standard InChI is InChI=1S/C15H19Cl2NO2/c1-2-11(8-9-19)10-18-14(20)7-6-12-4-3-5-13(16)15(12)17/h3-7,11,19H,2,8-10H2,1H3,(H,18,20)/b7-6+. The number of aliphatic hydroxyl groups is 1. The van der Waals surface area contributed by atoms with Crippen LogP contribution >= 0.6 is 23.2 Å². The molecule has 0 bridgehead atoms. The van der Waals surface area contributed by atoms with E-state index >= 15 is 0 Å². The Morgan fingerprint density at radius 3 is 2.85 bits per heavy atom. The maximum absolute atomic E-state index is 11.7. The van der Waals surface area contributed by atoms with Gasteiger partial charge < -0.3 is 10.4 Å². The lowest BCUT2D eigenvalue weighted by atomic mass is 10.0. The van der Waals surface area contributed by atoms with Crippen LogP contribution in [-0.4, -0.2) is 24.2 Å². The summed E-state index contributed by atoms with van der Waals surface area (Å²) in [6.45, 7) is 2.74. The molecule has 1 amide bonds. The minimum absolute atomic E-state index is 0.141. The fourth-order valence-corrected chi connectivity index (χ4v) is 2.12. The van der Waals surface area contributed by atoms with Gasteiger partial charge in [0.25, 0.3) is 0 Å². The zero-order valence-corrected chi connectivity index (χ0v) is 12.9. The van der Waals surface area contributed by atoms with Crippen LogP contribution in [0.3, 0.4) is 0 Å². The summed E-state index contributed by atoms with van der Waals surface area (Å²) in [6, 6.07) is 5.26. The predicted molar refractivity (Wildman–Crippen MR) is 84.0 cm³/mol. The molecule has 3 nitrogen and oxygen atoms in total. The fourth-order valence-electron chi connectivity index (χ4n) is 1.75. The van der Waals surface area contributed by atoms with Gasteiger partial charge in [0, 0.05) is 19.2 Å². The Labute approximate surface area is 129 Å². The third-order valence-corrected chi connectivity index (χ3v) is 3.91. The number of carbonyl (C=O) groups excluding carboxylic acids is 1. The molecule has 0 spiro atoms. The molecule has 0 aromatic heterocycles. The van der Waals surface area contributed by atoms with Crippen LogP contribution in [0.4, 0.5) is 0 Å². The van der Waals surface area contributed by atoms with Crippen molar-refractivity contribution < 1.29 is 9.90 Å². The molecule has 0 saturated carbocycles. The molecule has 110 valence electrons. The summed E-state index contributed by atoms with van der Waals surface area (Å²) in [4.78, 5) is 11.7. The highest BCUT2D eigenvalue weighted by Gasteiger charge is 2.07. The van der Waals surface area contributed by atoms with Gasteiger partial charge >= 0.3 is 0 Å². The third kappa shape index (κ3) is 5.53. The minimum atomic E-state index is -0.183. The SMILES string of the molecule is CCC(CCO)CNC(=O)/C=C/c1cccc(Cl)c1Cl. The molecule has 0 aliphatic carbocycles. The van der Waals surface area contributed by atoms with Crippen molar-refractivity contribution in [2.75, 3.05) is 13.2 Å². The number of hydrogen-bond donors (Lipinski definition) is 2. The first-order chi connectivity index (χ1) is 9.58. The smallest absolute Gasteiger partial charge is 0.244 e. The van der Waals surface area contributed by atoms with E-state index in [0.29, 0.717) is 34.5 Å². The van der Waals surface area contributed by atoms with Crippen molar-refractivity contribution in [3.05, 3.63) is 39.9 Å². The lowest BCUT2D eigenvalue weighted by molar-refractivity contribution is -0.116. The van der Waals surface area contributed by atoms with Crippen LogP contribution < -0.4 is 5.32 Å². The van der Waals surface area contributed by atoms with Gasteiger partial charge in [-0.05, 0) is 30.0 Å². The summed E-state index contributed by atoms with van der Waals surface area (Å²) in [5.74, 6) is 0.115. The topological polar surface area (TPSA) is 49.3 Å². The minimum Gasteiger partial charge on any atom is -0.396 e. The molecule has 1 aromatic carbocycles. The van der Waals surface area contributed by atoms with E-state index in [1.807, 2.05) is 6.92 Å². The predicted octanol–water partition coefficient (Wildman–Crippen LogP) is 3.53. The number of benzene rings is 1. The third-order valence-electron chi connectivity index (χ3n) is 3.08. The molecule has 20 heavy (non-hydrogen) atoms. The molecule has 0 aliphatic heterocycles. The Kier molecular flexibility index (Phi) is 7.67. The number of aliphatic hydroxyl groups excluding tert-OH is 1. The van der Waals surface area contributed by atoms with Gasteiger partial charge in [0.05, 0.1) is 10.0 Å². The second kappa shape index (κ2) is 9.01. The molecule has 1 aromatic rings. The van der Waals surface area contributed by atoms with Crippen molar-refractivity contribution >= 4 is 35.2 Å². The highest BCUT2D eigenvalue weighted by atomic mass is 35.5. The zero-order valence-electron chi connectivity index (χ0n) is 11.4. The summed E-state index contributed by atoms with van der Waals surface area (Å²) in [7, 11) is 0. The van der Waals surface area contributed by atoms with Crippen LogP contribution in [-0.2, 0) is 4.79 Å². The molecular weight excluding hydrogens is 297 g/mol. The summed E-state index contributed by atoms with van der Waals surface area (Å²) >= 11 is 11.9. The lowest BCUT2D eigenvalue weighted by Gasteiger charge is -2.13. The first-order valence-electron chi connectivity index (χ1n) is 6.59. The number of amides is 1. The number of halogens is 2. The van der Waals surface area contributed by atoms with Crippen molar-refractivity contribution in [1.29, 1.82) is 0 Å². The Bertz CT molecular complexity index is 475. The molecule has 1 unspecified atom stereocenters. The molecule has 0 aliphatic rings. The van der Waals surface area contributed by atoms with Gasteiger partial charge in [0.1, 0.15) is 0 Å². The molecule has 0 heterocycles. The van der Waals surface area contributed by atoms with Gasteiger partial charge in [-0.25, -0.2) is 0 Å². The van der Waals surface area contributed by atoms with E-state index in [1.54, 1.807) is 24.3 Å². The Balaban J connectivity index is 2.53. The van der Waals surface area contributed by atoms with Gasteiger partial charge in [-0.15, -0.1) is 0 Å². The molecule has 5 heteroatoms. The van der Waals surface area contributed by atoms with Crippen LogP contribution in [0, 0.1) is 5.92 Å². The van der Waals surface area contributed by atoms with Crippen molar-refractivity contribution in [1.82, 2.24) is 5.32 Å². The van der Waals surface area contributed by atoms with Gasteiger partial charge in [-0.1, -0.05) is 48.7 Å². The number of rotatable bonds is 7. The van der Waals surface area contributed by atoms with Crippen LogP contribution in [0.1, 0.15) is 25.3 Å². The van der Waals surface area contributed by atoms with E-state index < -0.39 is 0 Å². The van der Waals surface area contributed by atoms with Gasteiger partial charge in [-0.3, -0.25) is 4.79 Å². The van der Waals surface area contributed by atoms with E-state index in [9.17, 15) is 4.79 Å². The van der Waals surface area contributed by atoms with Crippen LogP contribution in [0.5, 0.6) is 0 Å². The van der Waals surface area contributed by atoms with Crippen molar-refractivity contribution in [3.63, 3.8) is 0 Å². The van der Waals surface area contributed by atoms with Crippen molar-refractivity contribution in [3.8, 4) is 0 Å². The largest absolute Gasteiger partial charge is 0.396 e. The Hall–Kier alpha value is -1.03. The van der Waals surface area contributed by atoms with Crippen molar-refractivity contribution in [2.45, 2.75) is 19.8 Å². The van der Waals surface area contributed by atoms with E-state index in [2.05, 4.69) is 5.32 Å². The molecule has 0 radical (unpaired) electrons. The first kappa shape index (κ1) is 17.0. The highest BCUT2D eigenvalue weighted by molar-refractivity contribution is 6.42. The van der Waals surface area contributed by atoms with E-state index in [4.69, 9.17) is 28.3 Å². The average molecular weight is 316 g/mol. The van der Waals surface area contributed by atoms with Crippen LogP contribution in [0.2, 0.25) is 10.0 Å². The second-order valence-electron chi connectivity index (χ2n) is 4.51. The van der Waals surface area contributed by atoms with E-state index in [1.165, 1.54) is 6.08 Å². The van der Waals surface area contributed by atoms with Crippen molar-refractivity contribution in [2.24, 2.45) is 5.92 Å². The molecule has 0 saturated heterocycles. The number of nitrogens with one attached hydrogen (secondary N) is 1. The maximum Gasteiger partial charge on any atom is 0.244 e. The normalized spacial score (nSPS) is 12.6. The Morgan fingerprint density at radius 1 is 1.45 bits per heavy atom. The average Bonchev–Trinajstić information content (AvgIpc) is 2.45. The first-order valence-corrected chi connectivity index (χ1v) is 7.34. The molecule has 2 N–H and O–H groups in total. The highest BCUT2D eigenvalue weighted by Crippen LogP contribution is 2.26. The van der Waals surface area contributed by atoms with E-state index in [-0.39, 0.29) is 12.5 Å². The fraction of sp³-hybridized carbons (Fsp3) is 0.400. The summed E-state index contributed by atoms with van der Waals surface area (Å²) < 4.78 is 0. The number of carbonyl (C=O) groups is 1. The van der Waals surface area contributed by atoms with Crippen LogP contribution in [0.15, 0.2) is 24.3 Å². The Morgan fingerprint density at radius 2 is 2.20 bits per heavy atom. The van der Waals surface area contributed by atoms with Gasteiger partial charge in [0.2, 0.25) is 5.91 Å². The summed E-state index contributed by atoms with van der Waals surface area (Å²) in [5, 5.41) is 12.6. The van der Waals surface area contributed by atoms with Crippen LogP contribution in [0.25, 0.3) is 6.08 Å². The number of hydrogen-bond acceptors (Lipinski definition) is 2. The summed E-state index contributed by atoms with van der Waals surface area (Å²) in [6.07, 6.45) is 4.69. The maximum atomic E-state index is 11.7. The molecule has 1 rings (SSSR count). The monoisotopic (exact) mass is 315 g/mol. The molecule has 1 atom stereocenters. The summed E-state index contributed by atoms with van der Waals surface area (Å²) in [5.41, 5.74) is 0.705. The van der Waals surface area contributed by atoms with Gasteiger partial charge in [0.15, 0.2) is 0 Å². The second-order valence-corrected chi connectivity index (χ2v) is 5.29.